The van der Waals surface area contributed by atoms with Crippen LogP contribution in [0.15, 0.2) is 30.6 Å². The molecule has 0 saturated carbocycles. The van der Waals surface area contributed by atoms with E-state index in [1.165, 1.54) is 16.7 Å². The lowest BCUT2D eigenvalue weighted by Crippen LogP contribution is -2.23. The molecule has 0 saturated heterocycles. The van der Waals surface area contributed by atoms with Gasteiger partial charge in [-0.25, -0.2) is 0 Å². The third kappa shape index (κ3) is 3.64. The van der Waals surface area contributed by atoms with Crippen molar-refractivity contribution in [1.82, 2.24) is 15.3 Å². The predicted molar refractivity (Wildman–Crippen MR) is 82.8 cm³/mol. The van der Waals surface area contributed by atoms with Crippen LogP contribution in [0.1, 0.15) is 41.0 Å². The standard InChI is InChI=1S/C17H23N3/c1-12-11-13(2)20-15(4)17(12)14(3)19-10-7-16-5-8-18-9-6-16/h5-6,8-9,11,14,19H,7,10H2,1-4H3. The first-order valence-electron chi connectivity index (χ1n) is 7.15. The zero-order valence-electron chi connectivity index (χ0n) is 12.8. The van der Waals surface area contributed by atoms with E-state index in [0.29, 0.717) is 6.04 Å². The topological polar surface area (TPSA) is 37.8 Å². The smallest absolute Gasteiger partial charge is 0.0426 e. The second-order valence-electron chi connectivity index (χ2n) is 5.36. The molecule has 106 valence electrons. The van der Waals surface area contributed by atoms with Gasteiger partial charge in [-0.1, -0.05) is 0 Å². The summed E-state index contributed by atoms with van der Waals surface area (Å²) in [7, 11) is 0. The van der Waals surface area contributed by atoms with Crippen molar-refractivity contribution in [2.75, 3.05) is 6.54 Å². The molecule has 0 aliphatic rings. The highest BCUT2D eigenvalue weighted by molar-refractivity contribution is 5.33. The van der Waals surface area contributed by atoms with Gasteiger partial charge in [0.05, 0.1) is 0 Å². The molecular formula is C17H23N3. The van der Waals surface area contributed by atoms with Crippen molar-refractivity contribution in [3.05, 3.63) is 58.7 Å². The number of aryl methyl sites for hydroxylation is 3. The highest BCUT2D eigenvalue weighted by atomic mass is 14.9. The summed E-state index contributed by atoms with van der Waals surface area (Å²) < 4.78 is 0. The molecule has 2 rings (SSSR count). The van der Waals surface area contributed by atoms with Crippen molar-refractivity contribution in [2.24, 2.45) is 0 Å². The van der Waals surface area contributed by atoms with Crippen LogP contribution in [0.3, 0.4) is 0 Å². The maximum Gasteiger partial charge on any atom is 0.0426 e. The summed E-state index contributed by atoms with van der Waals surface area (Å²) in [6.07, 6.45) is 4.71. The largest absolute Gasteiger partial charge is 0.310 e. The van der Waals surface area contributed by atoms with Crippen molar-refractivity contribution in [3.63, 3.8) is 0 Å². The van der Waals surface area contributed by atoms with Gasteiger partial charge >= 0.3 is 0 Å². The molecule has 0 aliphatic heterocycles. The van der Waals surface area contributed by atoms with Crippen molar-refractivity contribution in [3.8, 4) is 0 Å². The molecule has 0 aliphatic carbocycles. The molecule has 2 aromatic heterocycles. The Kier molecular flexibility index (Phi) is 4.85. The Morgan fingerprint density at radius 1 is 1.15 bits per heavy atom. The van der Waals surface area contributed by atoms with E-state index < -0.39 is 0 Å². The number of hydrogen-bond donors (Lipinski definition) is 1. The van der Waals surface area contributed by atoms with Crippen molar-refractivity contribution in [2.45, 2.75) is 40.2 Å². The van der Waals surface area contributed by atoms with E-state index in [4.69, 9.17) is 0 Å². The average molecular weight is 269 g/mol. The Balaban J connectivity index is 1.97. The van der Waals surface area contributed by atoms with E-state index in [2.05, 4.69) is 54.3 Å². The van der Waals surface area contributed by atoms with E-state index in [-0.39, 0.29) is 0 Å². The molecule has 3 heteroatoms. The van der Waals surface area contributed by atoms with Gasteiger partial charge in [0.1, 0.15) is 0 Å². The number of aromatic nitrogens is 2. The maximum absolute atomic E-state index is 4.57. The van der Waals surface area contributed by atoms with Crippen LogP contribution in [0.2, 0.25) is 0 Å². The van der Waals surface area contributed by atoms with Gasteiger partial charge in [-0.15, -0.1) is 0 Å². The van der Waals surface area contributed by atoms with Crippen LogP contribution < -0.4 is 5.32 Å². The molecule has 1 atom stereocenters. The highest BCUT2D eigenvalue weighted by Crippen LogP contribution is 2.21. The fraction of sp³-hybridized carbons (Fsp3) is 0.412. The molecule has 0 bridgehead atoms. The van der Waals surface area contributed by atoms with E-state index in [1.54, 1.807) is 0 Å². The summed E-state index contributed by atoms with van der Waals surface area (Å²) in [6.45, 7) is 9.47. The lowest BCUT2D eigenvalue weighted by atomic mass is 10.0. The summed E-state index contributed by atoms with van der Waals surface area (Å²) in [5.74, 6) is 0. The number of rotatable bonds is 5. The Hall–Kier alpha value is -1.74. The molecule has 0 fully saturated rings. The van der Waals surface area contributed by atoms with Gasteiger partial charge < -0.3 is 5.32 Å². The Morgan fingerprint density at radius 2 is 1.85 bits per heavy atom. The van der Waals surface area contributed by atoms with E-state index in [0.717, 1.165) is 24.4 Å². The van der Waals surface area contributed by atoms with Gasteiger partial charge in [0, 0.05) is 29.8 Å². The average Bonchev–Trinajstić information content (AvgIpc) is 2.38. The van der Waals surface area contributed by atoms with Crippen LogP contribution in [0.5, 0.6) is 0 Å². The summed E-state index contributed by atoms with van der Waals surface area (Å²) in [5.41, 5.74) is 6.18. The monoisotopic (exact) mass is 269 g/mol. The second kappa shape index (κ2) is 6.62. The third-order valence-corrected chi connectivity index (χ3v) is 3.63. The summed E-state index contributed by atoms with van der Waals surface area (Å²) in [6, 6.07) is 6.61. The van der Waals surface area contributed by atoms with Crippen LogP contribution in [0.4, 0.5) is 0 Å². The molecule has 0 aromatic carbocycles. The van der Waals surface area contributed by atoms with Crippen LogP contribution >= 0.6 is 0 Å². The zero-order chi connectivity index (χ0) is 14.5. The number of nitrogens with one attached hydrogen (secondary N) is 1. The van der Waals surface area contributed by atoms with E-state index in [1.807, 2.05) is 19.3 Å². The highest BCUT2D eigenvalue weighted by Gasteiger charge is 2.12. The van der Waals surface area contributed by atoms with Gasteiger partial charge in [-0.2, -0.15) is 0 Å². The van der Waals surface area contributed by atoms with Gasteiger partial charge in [-0.3, -0.25) is 9.97 Å². The minimum atomic E-state index is 0.324. The van der Waals surface area contributed by atoms with Crippen molar-refractivity contribution in [1.29, 1.82) is 0 Å². The minimum absolute atomic E-state index is 0.324. The molecule has 1 unspecified atom stereocenters. The first-order valence-corrected chi connectivity index (χ1v) is 7.15. The van der Waals surface area contributed by atoms with Gasteiger partial charge in [0.25, 0.3) is 0 Å². The molecule has 20 heavy (non-hydrogen) atoms. The fourth-order valence-electron chi connectivity index (χ4n) is 2.77. The maximum atomic E-state index is 4.57. The minimum Gasteiger partial charge on any atom is -0.310 e. The van der Waals surface area contributed by atoms with Crippen LogP contribution in [0, 0.1) is 20.8 Å². The molecule has 0 spiro atoms. The summed E-state index contributed by atoms with van der Waals surface area (Å²) in [4.78, 5) is 8.61. The Labute approximate surface area is 121 Å². The van der Waals surface area contributed by atoms with Crippen LogP contribution in [0.25, 0.3) is 0 Å². The summed E-state index contributed by atoms with van der Waals surface area (Å²) in [5, 5.41) is 3.59. The lowest BCUT2D eigenvalue weighted by Gasteiger charge is -2.19. The molecule has 1 N–H and O–H groups in total. The number of nitrogens with zero attached hydrogens (tertiary/aromatic N) is 2. The second-order valence-corrected chi connectivity index (χ2v) is 5.36. The molecular weight excluding hydrogens is 246 g/mol. The first kappa shape index (κ1) is 14.7. The van der Waals surface area contributed by atoms with Gasteiger partial charge in [0.15, 0.2) is 0 Å². The molecule has 0 amide bonds. The third-order valence-electron chi connectivity index (χ3n) is 3.63. The first-order chi connectivity index (χ1) is 9.58. The van der Waals surface area contributed by atoms with Crippen molar-refractivity contribution < 1.29 is 0 Å². The summed E-state index contributed by atoms with van der Waals surface area (Å²) >= 11 is 0. The van der Waals surface area contributed by atoms with E-state index in [9.17, 15) is 0 Å². The normalized spacial score (nSPS) is 12.4. The van der Waals surface area contributed by atoms with Gasteiger partial charge in [-0.05, 0) is 75.5 Å². The quantitative estimate of drug-likeness (QED) is 0.905. The molecule has 3 nitrogen and oxygen atoms in total. The Bertz CT molecular complexity index is 541. The Morgan fingerprint density at radius 3 is 2.50 bits per heavy atom. The van der Waals surface area contributed by atoms with Gasteiger partial charge in [0.2, 0.25) is 0 Å². The lowest BCUT2D eigenvalue weighted by molar-refractivity contribution is 0.569. The van der Waals surface area contributed by atoms with Crippen LogP contribution in [-0.2, 0) is 6.42 Å². The van der Waals surface area contributed by atoms with E-state index >= 15 is 0 Å². The number of hydrogen-bond acceptors (Lipinski definition) is 3. The predicted octanol–water partition coefficient (Wildman–Crippen LogP) is 3.30. The fourth-order valence-corrected chi connectivity index (χ4v) is 2.77. The SMILES string of the molecule is Cc1cc(C)c(C(C)NCCc2ccncc2)c(C)n1. The van der Waals surface area contributed by atoms with Crippen molar-refractivity contribution >= 4 is 0 Å². The zero-order valence-corrected chi connectivity index (χ0v) is 12.8. The molecule has 2 aromatic rings. The number of pyridine rings is 2. The molecule has 2 heterocycles. The van der Waals surface area contributed by atoms with Crippen LogP contribution in [-0.4, -0.2) is 16.5 Å². The molecule has 0 radical (unpaired) electrons.